The van der Waals surface area contributed by atoms with Gasteiger partial charge in [0.25, 0.3) is 0 Å². The Morgan fingerprint density at radius 3 is 2.87 bits per heavy atom. The number of morpholine rings is 1. The summed E-state index contributed by atoms with van der Waals surface area (Å²) in [7, 11) is 0. The third kappa shape index (κ3) is 6.28. The van der Waals surface area contributed by atoms with Gasteiger partial charge >= 0.3 is 0 Å². The molecule has 5 rings (SSSR count). The van der Waals surface area contributed by atoms with Gasteiger partial charge in [0.2, 0.25) is 5.91 Å². The fourth-order valence-electron chi connectivity index (χ4n) is 4.11. The van der Waals surface area contributed by atoms with Gasteiger partial charge in [0.15, 0.2) is 5.82 Å². The lowest BCUT2D eigenvalue weighted by atomic mass is 10.2. The minimum atomic E-state index is -0.201. The highest BCUT2D eigenvalue weighted by atomic mass is 35.5. The molecule has 0 aliphatic carbocycles. The maximum Gasteiger partial charge on any atom is 0.248 e. The van der Waals surface area contributed by atoms with Crippen LogP contribution in [-0.4, -0.2) is 63.2 Å². The number of carbonyl (C=O) groups excluding carboxylic acids is 1. The average molecular weight is 534 g/mol. The number of carbonyl (C=O) groups is 1. The summed E-state index contributed by atoms with van der Waals surface area (Å²) in [4.78, 5) is 23.5. The molecule has 0 unspecified atom stereocenters. The summed E-state index contributed by atoms with van der Waals surface area (Å²) in [6.45, 7) is 6.14. The van der Waals surface area contributed by atoms with Gasteiger partial charge in [0.1, 0.15) is 24.2 Å². The van der Waals surface area contributed by atoms with Crippen molar-refractivity contribution in [1.82, 2.24) is 24.5 Å². The number of aromatic nitrogens is 4. The van der Waals surface area contributed by atoms with E-state index in [-0.39, 0.29) is 5.91 Å². The predicted octanol–water partition coefficient (Wildman–Crippen LogP) is 4.24. The van der Waals surface area contributed by atoms with Crippen molar-refractivity contribution in [2.75, 3.05) is 43.5 Å². The Morgan fingerprint density at radius 1 is 1.21 bits per heavy atom. The van der Waals surface area contributed by atoms with Crippen LogP contribution in [-0.2, 0) is 16.1 Å². The normalized spacial score (nSPS) is 14.2. The molecule has 1 amide bonds. The molecule has 1 aromatic carbocycles. The number of pyridine rings is 1. The van der Waals surface area contributed by atoms with Gasteiger partial charge in [-0.2, -0.15) is 5.10 Å². The molecule has 0 bridgehead atoms. The summed E-state index contributed by atoms with van der Waals surface area (Å²) in [5.74, 6) is 0.938. The first kappa shape index (κ1) is 25.7. The molecular formula is C27H28ClN7O3. The van der Waals surface area contributed by atoms with Crippen molar-refractivity contribution in [3.63, 3.8) is 0 Å². The van der Waals surface area contributed by atoms with Crippen molar-refractivity contribution in [3.8, 4) is 5.75 Å². The van der Waals surface area contributed by atoms with Crippen molar-refractivity contribution in [2.45, 2.75) is 13.5 Å². The highest BCUT2D eigenvalue weighted by Crippen LogP contribution is 2.32. The van der Waals surface area contributed by atoms with Crippen LogP contribution in [0.15, 0.2) is 67.3 Å². The van der Waals surface area contributed by atoms with Gasteiger partial charge < -0.3 is 20.1 Å². The minimum absolute atomic E-state index is 0.201. The largest absolute Gasteiger partial charge is 0.486 e. The molecule has 11 heteroatoms. The first-order valence-electron chi connectivity index (χ1n) is 12.3. The van der Waals surface area contributed by atoms with E-state index < -0.39 is 0 Å². The number of nitrogens with one attached hydrogen (secondary N) is 2. The summed E-state index contributed by atoms with van der Waals surface area (Å²) in [6.07, 6.45) is 8.37. The molecule has 1 aliphatic rings. The van der Waals surface area contributed by atoms with Crippen LogP contribution in [0, 0.1) is 6.92 Å². The average Bonchev–Trinajstić information content (AvgIpc) is 3.25. The topological polar surface area (TPSA) is 106 Å². The lowest BCUT2D eigenvalue weighted by Gasteiger charge is -2.24. The zero-order valence-corrected chi connectivity index (χ0v) is 21.7. The second-order valence-corrected chi connectivity index (χ2v) is 9.16. The second kappa shape index (κ2) is 12.0. The summed E-state index contributed by atoms with van der Waals surface area (Å²) >= 11 is 6.48. The minimum Gasteiger partial charge on any atom is -0.486 e. The summed E-state index contributed by atoms with van der Waals surface area (Å²) in [5.41, 5.74) is 3.79. The number of halogens is 1. The summed E-state index contributed by atoms with van der Waals surface area (Å²) in [6, 6.07) is 11.1. The van der Waals surface area contributed by atoms with E-state index in [9.17, 15) is 4.79 Å². The van der Waals surface area contributed by atoms with Gasteiger partial charge in [0.05, 0.1) is 35.8 Å². The molecule has 196 valence electrons. The molecular weight excluding hydrogens is 506 g/mol. The quantitative estimate of drug-likeness (QED) is 0.308. The molecule has 1 fully saturated rings. The number of amides is 1. The number of benzene rings is 1. The van der Waals surface area contributed by atoms with E-state index in [0.29, 0.717) is 35.4 Å². The lowest BCUT2D eigenvalue weighted by molar-refractivity contribution is -0.111. The molecule has 4 aromatic rings. The van der Waals surface area contributed by atoms with E-state index in [0.717, 1.165) is 48.8 Å². The standard InChI is InChI=1S/C27H28ClN7O3/c1-19-23(33-25(36)6-4-10-34-11-13-37-14-12-34)16-35-26(19)27(30-18-31-35)32-20-7-8-24(22(28)15-20)38-17-21-5-2-3-9-29-21/h2-9,15-16,18H,10-14,17H2,1H3,(H,33,36)(H,30,31,32)/b6-4+. The van der Waals surface area contributed by atoms with Gasteiger partial charge in [-0.1, -0.05) is 23.7 Å². The van der Waals surface area contributed by atoms with E-state index in [2.05, 4.69) is 30.6 Å². The van der Waals surface area contributed by atoms with E-state index in [1.54, 1.807) is 35.1 Å². The first-order valence-corrected chi connectivity index (χ1v) is 12.6. The van der Waals surface area contributed by atoms with Crippen molar-refractivity contribution in [1.29, 1.82) is 0 Å². The molecule has 1 aliphatic heterocycles. The lowest BCUT2D eigenvalue weighted by Crippen LogP contribution is -2.36. The number of fused-ring (bicyclic) bond motifs is 1. The number of hydrogen-bond acceptors (Lipinski definition) is 8. The Kier molecular flexibility index (Phi) is 8.12. The number of hydrogen-bond donors (Lipinski definition) is 2. The van der Waals surface area contributed by atoms with Crippen molar-refractivity contribution >= 4 is 40.2 Å². The molecule has 3 aromatic heterocycles. The van der Waals surface area contributed by atoms with Crippen LogP contribution in [0.5, 0.6) is 5.75 Å². The number of anilines is 3. The van der Waals surface area contributed by atoms with Gasteiger partial charge in [-0.3, -0.25) is 14.7 Å². The molecule has 0 radical (unpaired) electrons. The molecule has 10 nitrogen and oxygen atoms in total. The summed E-state index contributed by atoms with van der Waals surface area (Å²) in [5, 5.41) is 11.0. The summed E-state index contributed by atoms with van der Waals surface area (Å²) < 4.78 is 12.9. The van der Waals surface area contributed by atoms with Crippen LogP contribution in [0.25, 0.3) is 5.52 Å². The Morgan fingerprint density at radius 2 is 2.08 bits per heavy atom. The molecule has 1 saturated heterocycles. The van der Waals surface area contributed by atoms with Crippen LogP contribution in [0.1, 0.15) is 11.3 Å². The Labute approximate surface area is 225 Å². The van der Waals surface area contributed by atoms with Crippen LogP contribution >= 0.6 is 11.6 Å². The van der Waals surface area contributed by atoms with Gasteiger partial charge in [-0.05, 0) is 37.3 Å². The van der Waals surface area contributed by atoms with E-state index in [1.165, 1.54) is 6.33 Å². The van der Waals surface area contributed by atoms with Gasteiger partial charge in [-0.25, -0.2) is 9.50 Å². The monoisotopic (exact) mass is 533 g/mol. The van der Waals surface area contributed by atoms with Gasteiger partial charge in [-0.15, -0.1) is 0 Å². The maximum atomic E-state index is 12.5. The molecule has 0 atom stereocenters. The second-order valence-electron chi connectivity index (χ2n) is 8.75. The van der Waals surface area contributed by atoms with E-state index in [1.807, 2.05) is 37.3 Å². The fourth-order valence-corrected chi connectivity index (χ4v) is 4.35. The highest BCUT2D eigenvalue weighted by Gasteiger charge is 2.15. The zero-order chi connectivity index (χ0) is 26.3. The highest BCUT2D eigenvalue weighted by molar-refractivity contribution is 6.32. The van der Waals surface area contributed by atoms with Crippen LogP contribution in [0.3, 0.4) is 0 Å². The van der Waals surface area contributed by atoms with Crippen molar-refractivity contribution < 1.29 is 14.3 Å². The predicted molar refractivity (Wildman–Crippen MR) is 146 cm³/mol. The molecule has 0 saturated carbocycles. The third-order valence-corrected chi connectivity index (χ3v) is 6.41. The number of ether oxygens (including phenoxy) is 2. The number of aryl methyl sites for hydroxylation is 1. The Balaban J connectivity index is 1.26. The van der Waals surface area contributed by atoms with Crippen LogP contribution in [0.4, 0.5) is 17.2 Å². The molecule has 4 heterocycles. The zero-order valence-electron chi connectivity index (χ0n) is 20.9. The first-order chi connectivity index (χ1) is 18.6. The molecule has 0 spiro atoms. The van der Waals surface area contributed by atoms with E-state index >= 15 is 0 Å². The Bertz CT molecular complexity index is 1440. The number of rotatable bonds is 9. The van der Waals surface area contributed by atoms with Crippen LogP contribution < -0.4 is 15.4 Å². The molecule has 2 N–H and O–H groups in total. The van der Waals surface area contributed by atoms with Crippen LogP contribution in [0.2, 0.25) is 5.02 Å². The Hall–Kier alpha value is -3.99. The number of nitrogens with zero attached hydrogens (tertiary/aromatic N) is 5. The van der Waals surface area contributed by atoms with Gasteiger partial charge in [0, 0.05) is 43.2 Å². The van der Waals surface area contributed by atoms with Crippen molar-refractivity contribution in [2.24, 2.45) is 0 Å². The maximum absolute atomic E-state index is 12.5. The third-order valence-electron chi connectivity index (χ3n) is 6.12. The molecule has 38 heavy (non-hydrogen) atoms. The SMILES string of the molecule is Cc1c(NC(=O)/C=C/CN2CCOCC2)cn2ncnc(Nc3ccc(OCc4ccccn4)c(Cl)c3)c12. The fraction of sp³-hybridized carbons (Fsp3) is 0.259. The van der Waals surface area contributed by atoms with E-state index in [4.69, 9.17) is 21.1 Å². The van der Waals surface area contributed by atoms with Crippen molar-refractivity contribution in [3.05, 3.63) is 83.6 Å². The smallest absolute Gasteiger partial charge is 0.248 e.